The van der Waals surface area contributed by atoms with Crippen LogP contribution >= 0.6 is 11.3 Å². The fraction of sp³-hybridized carbons (Fsp3) is 0.480. The molecule has 0 bridgehead atoms. The smallest absolute Gasteiger partial charge is 0.162 e. The average Bonchev–Trinajstić information content (AvgIpc) is 3.79. The molecule has 2 saturated heterocycles. The number of allylic oxidation sites excluding steroid dienone is 2. The summed E-state index contributed by atoms with van der Waals surface area (Å²) in [5.74, 6) is 1.32. The Morgan fingerprint density at radius 2 is 1.52 bits per heavy atom. The van der Waals surface area contributed by atoms with E-state index in [0.29, 0.717) is 0 Å². The van der Waals surface area contributed by atoms with E-state index in [9.17, 15) is 9.90 Å². The van der Waals surface area contributed by atoms with Crippen molar-refractivity contribution >= 4 is 46.1 Å². The molecule has 0 saturated carbocycles. The number of fused-ring (bicyclic) bond motifs is 2. The zero-order valence-corrected chi connectivity index (χ0v) is 39.4. The van der Waals surface area contributed by atoms with Crippen LogP contribution in [0.2, 0.25) is 24.2 Å². The van der Waals surface area contributed by atoms with Gasteiger partial charge in [0.1, 0.15) is 0 Å². The van der Waals surface area contributed by atoms with Gasteiger partial charge in [0.05, 0.1) is 13.8 Å². The minimum absolute atomic E-state index is 0. The van der Waals surface area contributed by atoms with Crippen LogP contribution in [0, 0.1) is 24.8 Å². The number of thiophene rings is 1. The Hall–Kier alpha value is -2.89. The summed E-state index contributed by atoms with van der Waals surface area (Å²) in [5.41, 5.74) is 7.79. The number of hydrogen-bond acceptors (Lipinski definition) is 4. The number of aliphatic hydroxyl groups is 1. The van der Waals surface area contributed by atoms with Gasteiger partial charge >= 0.3 is 0 Å². The van der Waals surface area contributed by atoms with Crippen molar-refractivity contribution in [2.45, 2.75) is 142 Å². The number of aromatic nitrogens is 1. The van der Waals surface area contributed by atoms with Gasteiger partial charge in [-0.1, -0.05) is 139 Å². The van der Waals surface area contributed by atoms with Gasteiger partial charge < -0.3 is 5.11 Å². The molecular weight excluding hydrogens is 899 g/mol. The van der Waals surface area contributed by atoms with Crippen LogP contribution in [-0.2, 0) is 30.3 Å². The number of carbonyl (C=O) groups excluding carboxylic acids is 1. The standard InChI is InChI=1S/C37H40NSSi.C13H24O2.Ir/c1-25-31-15-18-38-34(30-23-29-9-5-6-10-32(29)33(24-30)37(2,3)4)36(31)39-35(25)28-13-11-26(12-14-28)27-16-21-40(22-17-27)19-7-8-20-40;1-5-10(6-2)12(14)9-13(15)11(7-3)8-4;/h5-6,9-15,18,24,27H,7-8,16-17,19-22H2,1-4H3;9-11,14H,5-8H2,1-4H3;/q-1;;/b;12-9-;. The molecule has 0 atom stereocenters. The largest absolute Gasteiger partial charge is 0.512 e. The molecule has 0 amide bonds. The number of aryl methyl sites for hydroxylation is 1. The molecule has 2 aliphatic heterocycles. The van der Waals surface area contributed by atoms with Gasteiger partial charge in [-0.3, -0.25) is 9.78 Å². The van der Waals surface area contributed by atoms with Crippen molar-refractivity contribution in [3.05, 3.63) is 101 Å². The molecule has 6 heteroatoms. The number of aliphatic hydroxyl groups excluding tert-OH is 1. The minimum atomic E-state index is -0.854. The van der Waals surface area contributed by atoms with Crippen molar-refractivity contribution in [3.8, 4) is 21.7 Å². The first-order valence-corrected chi connectivity index (χ1v) is 24.9. The topological polar surface area (TPSA) is 50.2 Å². The number of rotatable bonds is 10. The molecule has 0 unspecified atom stereocenters. The Morgan fingerprint density at radius 3 is 2.12 bits per heavy atom. The summed E-state index contributed by atoms with van der Waals surface area (Å²) >= 11 is 1.89. The van der Waals surface area contributed by atoms with E-state index in [1.54, 1.807) is 29.7 Å². The second kappa shape index (κ2) is 19.2. The number of carbonyl (C=O) groups is 1. The van der Waals surface area contributed by atoms with E-state index in [-0.39, 0.29) is 48.9 Å². The number of pyridine rings is 1. The zero-order valence-electron chi connectivity index (χ0n) is 35.2. The molecule has 1 radical (unpaired) electrons. The van der Waals surface area contributed by atoms with E-state index in [2.05, 4.69) is 94.4 Å². The maximum atomic E-state index is 11.7. The summed E-state index contributed by atoms with van der Waals surface area (Å²) < 4.78 is 1.27. The van der Waals surface area contributed by atoms with Crippen LogP contribution in [0.1, 0.15) is 122 Å². The van der Waals surface area contributed by atoms with Crippen molar-refractivity contribution in [2.24, 2.45) is 11.8 Å². The first-order valence-electron chi connectivity index (χ1n) is 21.3. The van der Waals surface area contributed by atoms with Gasteiger partial charge in [-0.25, -0.2) is 0 Å². The van der Waals surface area contributed by atoms with Crippen LogP contribution < -0.4 is 0 Å². The second-order valence-electron chi connectivity index (χ2n) is 17.6. The van der Waals surface area contributed by atoms with Gasteiger partial charge in [0.15, 0.2) is 5.78 Å². The van der Waals surface area contributed by atoms with Crippen LogP contribution in [0.15, 0.2) is 78.7 Å². The number of hydrogen-bond donors (Lipinski definition) is 1. The summed E-state index contributed by atoms with van der Waals surface area (Å²) in [6.45, 7) is 17.2. The Morgan fingerprint density at radius 1 is 0.893 bits per heavy atom. The zero-order chi connectivity index (χ0) is 39.3. The Kier molecular flexibility index (Phi) is 15.2. The number of nitrogens with zero attached hydrogens (tertiary/aromatic N) is 1. The van der Waals surface area contributed by atoms with Crippen LogP contribution in [0.25, 0.3) is 42.6 Å². The molecule has 3 aromatic carbocycles. The molecule has 2 aromatic heterocycles. The van der Waals surface area contributed by atoms with Crippen LogP contribution in [-0.4, -0.2) is 23.9 Å². The fourth-order valence-electron chi connectivity index (χ4n) is 9.47. The van der Waals surface area contributed by atoms with E-state index in [1.807, 2.05) is 45.2 Å². The molecule has 1 spiro atoms. The number of benzene rings is 3. The fourth-order valence-corrected chi connectivity index (χ4v) is 16.2. The normalized spacial score (nSPS) is 16.1. The molecule has 4 heterocycles. The molecule has 0 aliphatic carbocycles. The molecule has 5 aromatic rings. The molecule has 2 fully saturated rings. The van der Waals surface area contributed by atoms with E-state index in [4.69, 9.17) is 4.98 Å². The van der Waals surface area contributed by atoms with Crippen molar-refractivity contribution in [1.29, 1.82) is 0 Å². The monoisotopic (exact) mass is 963 g/mol. The molecule has 3 nitrogen and oxygen atoms in total. The van der Waals surface area contributed by atoms with E-state index in [1.165, 1.54) is 68.8 Å². The maximum absolute atomic E-state index is 11.7. The van der Waals surface area contributed by atoms with E-state index in [0.717, 1.165) is 48.2 Å². The summed E-state index contributed by atoms with van der Waals surface area (Å²) in [6, 6.07) is 32.9. The van der Waals surface area contributed by atoms with Gasteiger partial charge in [-0.2, -0.15) is 0 Å². The molecule has 2 aliphatic rings. The molecule has 301 valence electrons. The second-order valence-corrected chi connectivity index (χ2v) is 23.6. The van der Waals surface area contributed by atoms with Crippen molar-refractivity contribution in [1.82, 2.24) is 4.98 Å². The third kappa shape index (κ3) is 9.68. The number of ketones is 1. The summed E-state index contributed by atoms with van der Waals surface area (Å²) in [6.07, 6.45) is 12.8. The summed E-state index contributed by atoms with van der Waals surface area (Å²) in [4.78, 5) is 18.0. The Balaban J connectivity index is 0.000000322. The third-order valence-corrected chi connectivity index (χ3v) is 20.0. The van der Waals surface area contributed by atoms with Gasteiger partial charge in [0, 0.05) is 59.5 Å². The van der Waals surface area contributed by atoms with Crippen LogP contribution in [0.4, 0.5) is 0 Å². The first-order chi connectivity index (χ1) is 26.4. The molecule has 7 rings (SSSR count). The SMILES string of the molecule is CCC(CC)C(=O)/C=C(\O)C(CC)CC.Cc1c(-c2ccc(C3CC[Si]4(CCCC4)CC3)cc2)sc2c(-c3[c-]c4ccccc4c(C(C)(C)C)c3)nccc12.[Ir]. The first kappa shape index (κ1) is 44.2. The summed E-state index contributed by atoms with van der Waals surface area (Å²) in [7, 11) is -0.854. The maximum Gasteiger partial charge on any atom is 0.162 e. The predicted octanol–water partition coefficient (Wildman–Crippen LogP) is 15.2. The predicted molar refractivity (Wildman–Crippen MR) is 240 cm³/mol. The Labute approximate surface area is 356 Å². The molecule has 1 N–H and O–H groups in total. The van der Waals surface area contributed by atoms with Gasteiger partial charge in [0.2, 0.25) is 0 Å². The summed E-state index contributed by atoms with van der Waals surface area (Å²) in [5, 5.41) is 13.5. The van der Waals surface area contributed by atoms with E-state index >= 15 is 0 Å². The third-order valence-electron chi connectivity index (χ3n) is 13.1. The minimum Gasteiger partial charge on any atom is -0.512 e. The van der Waals surface area contributed by atoms with E-state index < -0.39 is 8.07 Å². The average molecular weight is 963 g/mol. The quantitative estimate of drug-likeness (QED) is 0.0657. The van der Waals surface area contributed by atoms with Crippen LogP contribution in [0.5, 0.6) is 0 Å². The Bertz CT molecular complexity index is 2100. The van der Waals surface area contributed by atoms with Gasteiger partial charge in [-0.15, -0.1) is 40.5 Å². The van der Waals surface area contributed by atoms with Crippen molar-refractivity contribution < 1.29 is 30.0 Å². The van der Waals surface area contributed by atoms with Gasteiger partial charge in [0.25, 0.3) is 0 Å². The van der Waals surface area contributed by atoms with Crippen molar-refractivity contribution in [2.75, 3.05) is 0 Å². The van der Waals surface area contributed by atoms with Crippen molar-refractivity contribution in [3.63, 3.8) is 0 Å². The molecule has 56 heavy (non-hydrogen) atoms. The van der Waals surface area contributed by atoms with Gasteiger partial charge in [-0.05, 0) is 84.9 Å². The molecular formula is C50H64IrNO2SSi-. The van der Waals surface area contributed by atoms with Crippen LogP contribution in [0.3, 0.4) is 0 Å².